The molecule has 4 heteroatoms. The van der Waals surface area contributed by atoms with E-state index in [2.05, 4.69) is 289 Å². The minimum Gasteiger partial charge on any atom is -0.457 e. The third-order valence-electron chi connectivity index (χ3n) is 17.3. The summed E-state index contributed by atoms with van der Waals surface area (Å²) in [6.07, 6.45) is 0. The SMILES string of the molecule is c1ccc(-n2c3ccccc3c3ccc(-c4cccc(N(c5ccc6c(c5)C5(c7ccccc7Oc7ccccc75)c5ccccc5-6)c5ccc6c(c5)C5(c7ccccc7Sc7ccccc75)c5ccccc5-6)c4)cc32)cc1. The van der Waals surface area contributed by atoms with Crippen molar-refractivity contribution in [2.24, 2.45) is 0 Å². The smallest absolute Gasteiger partial charge is 0.132 e. The maximum absolute atomic E-state index is 6.80. The third-order valence-corrected chi connectivity index (χ3v) is 18.5. The van der Waals surface area contributed by atoms with Crippen LogP contribution in [-0.2, 0) is 10.8 Å². The zero-order valence-corrected chi connectivity index (χ0v) is 43.1. The molecule has 3 heterocycles. The molecule has 0 radical (unpaired) electrons. The minimum atomic E-state index is -0.635. The average molecular weight is 1010 g/mol. The van der Waals surface area contributed by atoms with E-state index < -0.39 is 10.8 Å². The standard InChI is InChI=1S/C74H46N2OS/c1-2-20-49(21-3-1)76-67-32-13-6-25-57(67)58-40-37-48(44-68(58)76)47-19-18-22-50(43-47)75(51-38-41-55-53-23-4-7-26-59(53)73(65(55)45-51)61-28-9-14-33-69(61)77-70-34-15-10-29-62(70)73)52-39-42-56-54-24-5-8-27-60(54)74(66(56)46-52)63-30-11-16-35-71(63)78-72-36-17-12-31-64(72)74/h1-46H. The van der Waals surface area contributed by atoms with Crippen molar-refractivity contribution >= 4 is 50.6 Å². The average Bonchev–Trinajstić information content (AvgIpc) is 4.08. The van der Waals surface area contributed by atoms with Gasteiger partial charge in [0.1, 0.15) is 11.5 Å². The first kappa shape index (κ1) is 43.6. The summed E-state index contributed by atoms with van der Waals surface area (Å²) < 4.78 is 9.21. The first-order chi connectivity index (χ1) is 38.7. The van der Waals surface area contributed by atoms with Crippen molar-refractivity contribution < 1.29 is 4.74 Å². The van der Waals surface area contributed by atoms with Gasteiger partial charge in [0, 0.05) is 54.4 Å². The molecular formula is C74H46N2OS. The Morgan fingerprint density at radius 1 is 0.308 bits per heavy atom. The highest BCUT2D eigenvalue weighted by Gasteiger charge is 2.52. The van der Waals surface area contributed by atoms with Gasteiger partial charge in [-0.05, 0) is 152 Å². The van der Waals surface area contributed by atoms with Gasteiger partial charge in [-0.15, -0.1) is 0 Å². The fourth-order valence-electron chi connectivity index (χ4n) is 14.2. The number of para-hydroxylation sites is 4. The van der Waals surface area contributed by atoms with Gasteiger partial charge < -0.3 is 14.2 Å². The number of aromatic nitrogens is 1. The zero-order chi connectivity index (χ0) is 51.1. The van der Waals surface area contributed by atoms with E-state index in [1.165, 1.54) is 87.2 Å². The molecule has 0 atom stereocenters. The summed E-state index contributed by atoms with van der Waals surface area (Å²) in [5.41, 5.74) is 22.9. The first-order valence-corrected chi connectivity index (χ1v) is 27.7. The lowest BCUT2D eigenvalue weighted by molar-refractivity contribution is 0.436. The Kier molecular flexibility index (Phi) is 9.20. The van der Waals surface area contributed by atoms with Crippen molar-refractivity contribution in [2.45, 2.75) is 20.6 Å². The maximum Gasteiger partial charge on any atom is 0.132 e. The lowest BCUT2D eigenvalue weighted by Gasteiger charge is -2.40. The summed E-state index contributed by atoms with van der Waals surface area (Å²) in [4.78, 5) is 5.10. The third kappa shape index (κ3) is 5.84. The topological polar surface area (TPSA) is 17.4 Å². The summed E-state index contributed by atoms with van der Waals surface area (Å²) in [6, 6.07) is 104. The van der Waals surface area contributed by atoms with Crippen LogP contribution in [0, 0.1) is 0 Å². The van der Waals surface area contributed by atoms with Crippen LogP contribution in [0.4, 0.5) is 17.1 Å². The van der Waals surface area contributed by atoms with E-state index in [0.29, 0.717) is 0 Å². The van der Waals surface area contributed by atoms with E-state index in [0.717, 1.165) is 56.5 Å². The van der Waals surface area contributed by atoms with E-state index >= 15 is 0 Å². The van der Waals surface area contributed by atoms with Crippen LogP contribution in [-0.4, -0.2) is 4.57 Å². The number of nitrogens with zero attached hydrogens (tertiary/aromatic N) is 2. The normalized spacial score (nSPS) is 14.2. The molecule has 13 aromatic rings. The van der Waals surface area contributed by atoms with Gasteiger partial charge in [-0.3, -0.25) is 0 Å². The molecule has 1 aromatic heterocycles. The largest absolute Gasteiger partial charge is 0.457 e. The predicted octanol–water partition coefficient (Wildman–Crippen LogP) is 19.2. The van der Waals surface area contributed by atoms with Crippen molar-refractivity contribution in [3.8, 4) is 50.6 Å². The maximum atomic E-state index is 6.80. The summed E-state index contributed by atoms with van der Waals surface area (Å²) in [5.74, 6) is 1.76. The first-order valence-electron chi connectivity index (χ1n) is 26.9. The molecule has 0 amide bonds. The highest BCUT2D eigenvalue weighted by Crippen LogP contribution is 2.65. The molecule has 2 aliphatic carbocycles. The Hall–Kier alpha value is -9.61. The molecule has 4 aliphatic rings. The Balaban J connectivity index is 0.927. The molecule has 0 saturated carbocycles. The molecule has 12 aromatic carbocycles. The quantitative estimate of drug-likeness (QED) is 0.171. The van der Waals surface area contributed by atoms with Crippen LogP contribution in [0.2, 0.25) is 0 Å². The molecule has 0 bridgehead atoms. The van der Waals surface area contributed by atoms with Gasteiger partial charge in [0.25, 0.3) is 0 Å². The Morgan fingerprint density at radius 3 is 1.42 bits per heavy atom. The number of hydrogen-bond donors (Lipinski definition) is 0. The number of anilines is 3. The summed E-state index contributed by atoms with van der Waals surface area (Å²) in [7, 11) is 0. The highest BCUT2D eigenvalue weighted by atomic mass is 32.2. The van der Waals surface area contributed by atoms with Crippen LogP contribution in [0.5, 0.6) is 11.5 Å². The van der Waals surface area contributed by atoms with E-state index in [1.807, 2.05) is 11.8 Å². The van der Waals surface area contributed by atoms with Crippen molar-refractivity contribution in [2.75, 3.05) is 4.90 Å². The molecule has 0 N–H and O–H groups in total. The van der Waals surface area contributed by atoms with Crippen LogP contribution < -0.4 is 9.64 Å². The Labute approximate surface area is 456 Å². The molecule has 2 aliphatic heterocycles. The second-order valence-corrected chi connectivity index (χ2v) is 22.1. The molecule has 78 heavy (non-hydrogen) atoms. The molecule has 3 nitrogen and oxygen atoms in total. The number of ether oxygens (including phenoxy) is 1. The lowest BCUT2D eigenvalue weighted by atomic mass is 9.66. The van der Waals surface area contributed by atoms with Crippen LogP contribution >= 0.6 is 11.8 Å². The number of fused-ring (bicyclic) bond motifs is 21. The van der Waals surface area contributed by atoms with Crippen molar-refractivity contribution in [3.63, 3.8) is 0 Å². The van der Waals surface area contributed by atoms with Crippen LogP contribution in [0.1, 0.15) is 44.5 Å². The van der Waals surface area contributed by atoms with Crippen LogP contribution in [0.3, 0.4) is 0 Å². The van der Waals surface area contributed by atoms with Gasteiger partial charge in [-0.1, -0.05) is 206 Å². The summed E-state index contributed by atoms with van der Waals surface area (Å²) in [6.45, 7) is 0. The van der Waals surface area contributed by atoms with Gasteiger partial charge in [-0.2, -0.15) is 0 Å². The van der Waals surface area contributed by atoms with Gasteiger partial charge in [0.05, 0.1) is 21.9 Å². The van der Waals surface area contributed by atoms with E-state index in [1.54, 1.807) is 0 Å². The Bertz CT molecular complexity index is 4380. The number of benzene rings is 12. The van der Waals surface area contributed by atoms with Crippen molar-refractivity contribution in [3.05, 3.63) is 324 Å². The molecule has 364 valence electrons. The molecule has 0 unspecified atom stereocenters. The molecule has 0 saturated heterocycles. The summed E-state index contributed by atoms with van der Waals surface area (Å²) in [5, 5.41) is 2.48. The van der Waals surface area contributed by atoms with E-state index in [4.69, 9.17) is 4.74 Å². The van der Waals surface area contributed by atoms with E-state index in [9.17, 15) is 0 Å². The van der Waals surface area contributed by atoms with Crippen molar-refractivity contribution in [1.82, 2.24) is 4.57 Å². The molecule has 17 rings (SSSR count). The lowest BCUT2D eigenvalue weighted by Crippen LogP contribution is -2.32. The van der Waals surface area contributed by atoms with Gasteiger partial charge in [0.2, 0.25) is 0 Å². The highest BCUT2D eigenvalue weighted by molar-refractivity contribution is 7.99. The molecule has 0 fully saturated rings. The zero-order valence-electron chi connectivity index (χ0n) is 42.3. The van der Waals surface area contributed by atoms with Crippen molar-refractivity contribution in [1.29, 1.82) is 0 Å². The minimum absolute atomic E-state index is 0.542. The number of rotatable bonds is 5. The fraction of sp³-hybridized carbons (Fsp3) is 0.0270. The monoisotopic (exact) mass is 1010 g/mol. The molecular weight excluding hydrogens is 965 g/mol. The van der Waals surface area contributed by atoms with Gasteiger partial charge >= 0.3 is 0 Å². The second-order valence-electron chi connectivity index (χ2n) is 21.0. The van der Waals surface area contributed by atoms with Crippen LogP contribution in [0.25, 0.3) is 60.9 Å². The number of hydrogen-bond acceptors (Lipinski definition) is 3. The van der Waals surface area contributed by atoms with Gasteiger partial charge in [0.15, 0.2) is 0 Å². The fourth-order valence-corrected chi connectivity index (χ4v) is 15.4. The summed E-state index contributed by atoms with van der Waals surface area (Å²) >= 11 is 1.88. The Morgan fingerprint density at radius 2 is 0.782 bits per heavy atom. The second kappa shape index (κ2) is 16.4. The molecule has 2 spiro atoms. The van der Waals surface area contributed by atoms with E-state index in [-0.39, 0.29) is 0 Å². The van der Waals surface area contributed by atoms with Gasteiger partial charge in [-0.25, -0.2) is 0 Å². The van der Waals surface area contributed by atoms with Crippen LogP contribution in [0.15, 0.2) is 289 Å². The predicted molar refractivity (Wildman–Crippen MR) is 320 cm³/mol.